The molecular weight excluding hydrogens is 258 g/mol. The van der Waals surface area contributed by atoms with Crippen molar-refractivity contribution in [2.45, 2.75) is 26.1 Å². The zero-order valence-electron chi connectivity index (χ0n) is 11.1. The third-order valence-electron chi connectivity index (χ3n) is 3.15. The van der Waals surface area contributed by atoms with Gasteiger partial charge in [0.1, 0.15) is 0 Å². The Morgan fingerprint density at radius 3 is 2.47 bits per heavy atom. The van der Waals surface area contributed by atoms with E-state index >= 15 is 0 Å². The quantitative estimate of drug-likeness (QED) is 0.844. The molecule has 1 aliphatic heterocycles. The Kier molecular flexibility index (Phi) is 3.48. The molecule has 1 aliphatic rings. The number of aromatic nitrogens is 2. The molecule has 0 amide bonds. The number of hydrogen-bond donors (Lipinski definition) is 0. The third kappa shape index (κ3) is 2.77. The van der Waals surface area contributed by atoms with Gasteiger partial charge in [0.05, 0.1) is 12.2 Å². The number of ether oxygens (including phenoxy) is 1. The van der Waals surface area contributed by atoms with E-state index < -0.39 is 0 Å². The molecule has 5 heteroatoms. The summed E-state index contributed by atoms with van der Waals surface area (Å²) >= 11 is 1.70. The lowest BCUT2D eigenvalue weighted by molar-refractivity contribution is -0.00571. The number of nitrogens with zero attached hydrogens (tertiary/aromatic N) is 3. The molecule has 2 unspecified atom stereocenters. The molecule has 4 nitrogen and oxygen atoms in total. The molecule has 0 aromatic carbocycles. The second-order valence-corrected chi connectivity index (χ2v) is 5.86. The lowest BCUT2D eigenvalue weighted by atomic mass is 10.2. The first-order valence-electron chi connectivity index (χ1n) is 6.48. The van der Waals surface area contributed by atoms with Gasteiger partial charge in [-0.1, -0.05) is 6.07 Å². The predicted molar refractivity (Wildman–Crippen MR) is 77.6 cm³/mol. The summed E-state index contributed by atoms with van der Waals surface area (Å²) in [6.07, 6.45) is 4.26. The van der Waals surface area contributed by atoms with Crippen molar-refractivity contribution in [2.24, 2.45) is 0 Å². The number of morpholine rings is 1. The fourth-order valence-corrected chi connectivity index (χ4v) is 3.10. The molecule has 3 heterocycles. The van der Waals surface area contributed by atoms with Gasteiger partial charge in [-0.25, -0.2) is 9.97 Å². The van der Waals surface area contributed by atoms with E-state index in [1.54, 1.807) is 11.3 Å². The van der Waals surface area contributed by atoms with Gasteiger partial charge in [-0.3, -0.25) is 0 Å². The fraction of sp³-hybridized carbons (Fsp3) is 0.429. The van der Waals surface area contributed by atoms with Gasteiger partial charge in [0.15, 0.2) is 0 Å². The smallest absolute Gasteiger partial charge is 0.225 e. The van der Waals surface area contributed by atoms with Crippen molar-refractivity contribution in [1.29, 1.82) is 0 Å². The molecule has 0 aliphatic carbocycles. The van der Waals surface area contributed by atoms with Crippen molar-refractivity contribution in [2.75, 3.05) is 18.0 Å². The molecule has 0 radical (unpaired) electrons. The van der Waals surface area contributed by atoms with Gasteiger partial charge in [-0.2, -0.15) is 0 Å². The zero-order chi connectivity index (χ0) is 13.2. The number of thiophene rings is 1. The van der Waals surface area contributed by atoms with E-state index in [0.29, 0.717) is 0 Å². The van der Waals surface area contributed by atoms with Gasteiger partial charge < -0.3 is 9.64 Å². The van der Waals surface area contributed by atoms with Crippen LogP contribution in [0.4, 0.5) is 5.95 Å². The summed E-state index contributed by atoms with van der Waals surface area (Å²) in [7, 11) is 0. The van der Waals surface area contributed by atoms with E-state index in [1.165, 1.54) is 4.88 Å². The summed E-state index contributed by atoms with van der Waals surface area (Å²) in [5.41, 5.74) is 1.08. The highest BCUT2D eigenvalue weighted by Crippen LogP contribution is 2.24. The Labute approximate surface area is 117 Å². The lowest BCUT2D eigenvalue weighted by Gasteiger charge is -2.35. The largest absolute Gasteiger partial charge is 0.372 e. The highest BCUT2D eigenvalue weighted by Gasteiger charge is 2.23. The van der Waals surface area contributed by atoms with Crippen LogP contribution < -0.4 is 4.90 Å². The Hall–Kier alpha value is -1.46. The van der Waals surface area contributed by atoms with Gasteiger partial charge in [-0.05, 0) is 25.3 Å². The van der Waals surface area contributed by atoms with Crippen LogP contribution in [0.2, 0.25) is 0 Å². The Morgan fingerprint density at radius 2 is 1.89 bits per heavy atom. The van der Waals surface area contributed by atoms with E-state index in [9.17, 15) is 0 Å². The van der Waals surface area contributed by atoms with E-state index in [-0.39, 0.29) is 12.2 Å². The van der Waals surface area contributed by atoms with Crippen molar-refractivity contribution in [3.8, 4) is 10.4 Å². The molecule has 19 heavy (non-hydrogen) atoms. The van der Waals surface area contributed by atoms with Gasteiger partial charge in [0.2, 0.25) is 5.95 Å². The van der Waals surface area contributed by atoms with Crippen LogP contribution in [0.15, 0.2) is 29.9 Å². The highest BCUT2D eigenvalue weighted by molar-refractivity contribution is 7.13. The van der Waals surface area contributed by atoms with E-state index in [0.717, 1.165) is 24.6 Å². The predicted octanol–water partition coefficient (Wildman–Crippen LogP) is 2.82. The maximum absolute atomic E-state index is 5.72. The molecule has 2 aromatic heterocycles. The first-order valence-corrected chi connectivity index (χ1v) is 7.36. The summed E-state index contributed by atoms with van der Waals surface area (Å²) < 4.78 is 5.72. The fourth-order valence-electron chi connectivity index (χ4n) is 2.40. The highest BCUT2D eigenvalue weighted by atomic mass is 32.1. The van der Waals surface area contributed by atoms with Crippen LogP contribution in [0.25, 0.3) is 10.4 Å². The topological polar surface area (TPSA) is 38.2 Å². The maximum Gasteiger partial charge on any atom is 0.225 e. The molecule has 0 saturated carbocycles. The normalized spacial score (nSPS) is 23.6. The minimum atomic E-state index is 0.226. The van der Waals surface area contributed by atoms with Crippen molar-refractivity contribution >= 4 is 17.3 Å². The molecule has 0 bridgehead atoms. The minimum Gasteiger partial charge on any atom is -0.372 e. The van der Waals surface area contributed by atoms with Crippen molar-refractivity contribution in [3.63, 3.8) is 0 Å². The van der Waals surface area contributed by atoms with Crippen LogP contribution in [0.3, 0.4) is 0 Å². The summed E-state index contributed by atoms with van der Waals surface area (Å²) in [5, 5.41) is 2.06. The molecule has 0 spiro atoms. The molecule has 1 saturated heterocycles. The molecular formula is C14H17N3OS. The molecule has 3 rings (SSSR count). The molecule has 1 fully saturated rings. The van der Waals surface area contributed by atoms with Gasteiger partial charge in [0.25, 0.3) is 0 Å². The first kappa shape index (κ1) is 12.6. The maximum atomic E-state index is 5.72. The average Bonchev–Trinajstić information content (AvgIpc) is 2.91. The standard InChI is InChI=1S/C14H17N3OS/c1-10-8-17(9-11(2)18-10)14-15-6-12(7-16-14)13-4-3-5-19-13/h3-7,10-11H,8-9H2,1-2H3. The zero-order valence-corrected chi connectivity index (χ0v) is 11.9. The second-order valence-electron chi connectivity index (χ2n) is 4.91. The second kappa shape index (κ2) is 5.27. The summed E-state index contributed by atoms with van der Waals surface area (Å²) in [4.78, 5) is 12.4. The Balaban J connectivity index is 1.79. The van der Waals surface area contributed by atoms with Crippen LogP contribution in [-0.4, -0.2) is 35.3 Å². The molecule has 100 valence electrons. The lowest BCUT2D eigenvalue weighted by Crippen LogP contribution is -2.46. The monoisotopic (exact) mass is 275 g/mol. The van der Waals surface area contributed by atoms with Crippen molar-refractivity contribution < 1.29 is 4.74 Å². The van der Waals surface area contributed by atoms with Crippen molar-refractivity contribution in [3.05, 3.63) is 29.9 Å². The Bertz CT molecular complexity index is 516. The molecule has 0 N–H and O–H groups in total. The number of anilines is 1. The third-order valence-corrected chi connectivity index (χ3v) is 4.07. The Morgan fingerprint density at radius 1 is 1.21 bits per heavy atom. The number of rotatable bonds is 2. The van der Waals surface area contributed by atoms with Crippen LogP contribution in [0.1, 0.15) is 13.8 Å². The van der Waals surface area contributed by atoms with E-state index in [2.05, 4.69) is 40.2 Å². The molecule has 2 aromatic rings. The summed E-state index contributed by atoms with van der Waals surface area (Å²) in [6, 6.07) is 4.13. The minimum absolute atomic E-state index is 0.226. The van der Waals surface area contributed by atoms with Crippen LogP contribution >= 0.6 is 11.3 Å². The number of hydrogen-bond acceptors (Lipinski definition) is 5. The summed E-state index contributed by atoms with van der Waals surface area (Å²) in [6.45, 7) is 5.87. The van der Waals surface area contributed by atoms with Crippen molar-refractivity contribution in [1.82, 2.24) is 9.97 Å². The molecule has 2 atom stereocenters. The van der Waals surface area contributed by atoms with Crippen LogP contribution in [-0.2, 0) is 4.74 Å². The van der Waals surface area contributed by atoms with Crippen LogP contribution in [0.5, 0.6) is 0 Å². The summed E-state index contributed by atoms with van der Waals surface area (Å²) in [5.74, 6) is 0.794. The van der Waals surface area contributed by atoms with E-state index in [4.69, 9.17) is 4.74 Å². The first-order chi connectivity index (χ1) is 9.22. The SMILES string of the molecule is CC1CN(c2ncc(-c3cccs3)cn2)CC(C)O1. The van der Waals surface area contributed by atoms with Crippen LogP contribution in [0, 0.1) is 0 Å². The average molecular weight is 275 g/mol. The van der Waals surface area contributed by atoms with Gasteiger partial charge in [0, 0.05) is 35.9 Å². The van der Waals surface area contributed by atoms with E-state index in [1.807, 2.05) is 18.5 Å². The van der Waals surface area contributed by atoms with Gasteiger partial charge in [-0.15, -0.1) is 11.3 Å². The van der Waals surface area contributed by atoms with Gasteiger partial charge >= 0.3 is 0 Å².